The molecule has 2 rings (SSSR count). The summed E-state index contributed by atoms with van der Waals surface area (Å²) in [7, 11) is 1.94. The van der Waals surface area contributed by atoms with Crippen LogP contribution in [0.15, 0.2) is 28.9 Å². The Kier molecular flexibility index (Phi) is 3.74. The molecule has 90 valence electrons. The van der Waals surface area contributed by atoms with E-state index in [1.807, 2.05) is 43.0 Å². The third-order valence-electron chi connectivity index (χ3n) is 2.74. The van der Waals surface area contributed by atoms with E-state index in [1.165, 1.54) is 5.56 Å². The van der Waals surface area contributed by atoms with Crippen molar-refractivity contribution in [3.05, 3.63) is 45.1 Å². The molecule has 0 saturated heterocycles. The van der Waals surface area contributed by atoms with Gasteiger partial charge in [-0.3, -0.25) is 4.68 Å². The molecule has 0 aliphatic heterocycles. The second kappa shape index (κ2) is 5.10. The number of rotatable bonds is 3. The van der Waals surface area contributed by atoms with E-state index in [2.05, 4.69) is 26.3 Å². The van der Waals surface area contributed by atoms with Gasteiger partial charge in [0.25, 0.3) is 0 Å². The number of nitrogens with one attached hydrogen (secondary N) is 1. The molecule has 0 saturated carbocycles. The monoisotopic (exact) mass is 313 g/mol. The smallest absolute Gasteiger partial charge is 0.0648 e. The van der Waals surface area contributed by atoms with Crippen molar-refractivity contribution < 1.29 is 0 Å². The molecule has 1 heterocycles. The molecule has 2 aromatic rings. The van der Waals surface area contributed by atoms with Gasteiger partial charge in [-0.2, -0.15) is 5.10 Å². The van der Waals surface area contributed by atoms with Gasteiger partial charge in [0.05, 0.1) is 16.9 Å². The number of hydrogen-bond donors (Lipinski definition) is 1. The van der Waals surface area contributed by atoms with E-state index in [1.54, 1.807) is 0 Å². The highest BCUT2D eigenvalue weighted by molar-refractivity contribution is 9.10. The number of aromatic nitrogens is 2. The van der Waals surface area contributed by atoms with Crippen LogP contribution in [0, 0.1) is 6.92 Å². The Hall–Kier alpha value is -1.00. The van der Waals surface area contributed by atoms with Gasteiger partial charge in [0.1, 0.15) is 0 Å². The summed E-state index contributed by atoms with van der Waals surface area (Å²) >= 11 is 9.51. The van der Waals surface area contributed by atoms with Crippen LogP contribution in [-0.2, 0) is 13.6 Å². The quantitative estimate of drug-likeness (QED) is 0.935. The van der Waals surface area contributed by atoms with Crippen LogP contribution in [-0.4, -0.2) is 9.78 Å². The van der Waals surface area contributed by atoms with Crippen molar-refractivity contribution >= 4 is 33.2 Å². The first-order chi connectivity index (χ1) is 8.08. The predicted molar refractivity (Wildman–Crippen MR) is 74.4 cm³/mol. The molecule has 1 aromatic carbocycles. The Morgan fingerprint density at radius 1 is 1.47 bits per heavy atom. The lowest BCUT2D eigenvalue weighted by atomic mass is 10.2. The second-order valence-electron chi connectivity index (χ2n) is 3.86. The van der Waals surface area contributed by atoms with Gasteiger partial charge in [0, 0.05) is 29.3 Å². The van der Waals surface area contributed by atoms with Crippen LogP contribution >= 0.6 is 27.5 Å². The molecule has 17 heavy (non-hydrogen) atoms. The average molecular weight is 315 g/mol. The normalized spacial score (nSPS) is 10.6. The van der Waals surface area contributed by atoms with Crippen molar-refractivity contribution in [3.8, 4) is 0 Å². The van der Waals surface area contributed by atoms with Gasteiger partial charge in [0.15, 0.2) is 0 Å². The molecule has 0 radical (unpaired) electrons. The predicted octanol–water partition coefficient (Wildman–Crippen LogP) is 3.76. The third-order valence-corrected chi connectivity index (χ3v) is 3.54. The first-order valence-corrected chi connectivity index (χ1v) is 6.41. The minimum absolute atomic E-state index is 0.709. The Morgan fingerprint density at radius 3 is 2.82 bits per heavy atom. The van der Waals surface area contributed by atoms with Crippen LogP contribution in [0.5, 0.6) is 0 Å². The van der Waals surface area contributed by atoms with Crippen LogP contribution in [0.25, 0.3) is 0 Å². The standard InChI is InChI=1S/C12H13BrClN3/c1-8-9(7-16-17(8)2)6-15-12-4-3-10(13)5-11(12)14/h3-5,7,15H,6H2,1-2H3. The molecule has 0 bridgehead atoms. The summed E-state index contributed by atoms with van der Waals surface area (Å²) in [6.07, 6.45) is 1.87. The van der Waals surface area contributed by atoms with E-state index in [4.69, 9.17) is 11.6 Å². The van der Waals surface area contributed by atoms with Gasteiger partial charge in [-0.05, 0) is 25.1 Å². The van der Waals surface area contributed by atoms with Crippen molar-refractivity contribution in [2.75, 3.05) is 5.32 Å². The molecule has 0 atom stereocenters. The number of hydrogen-bond acceptors (Lipinski definition) is 2. The van der Waals surface area contributed by atoms with Crippen molar-refractivity contribution in [2.24, 2.45) is 7.05 Å². The molecule has 0 amide bonds. The molecule has 0 unspecified atom stereocenters. The van der Waals surface area contributed by atoms with Crippen molar-refractivity contribution in [1.82, 2.24) is 9.78 Å². The maximum absolute atomic E-state index is 6.13. The number of nitrogens with zero attached hydrogens (tertiary/aromatic N) is 2. The summed E-state index contributed by atoms with van der Waals surface area (Å²) in [5.74, 6) is 0. The van der Waals surface area contributed by atoms with Gasteiger partial charge in [-0.25, -0.2) is 0 Å². The highest BCUT2D eigenvalue weighted by Gasteiger charge is 2.05. The molecule has 5 heteroatoms. The second-order valence-corrected chi connectivity index (χ2v) is 5.18. The minimum Gasteiger partial charge on any atom is -0.380 e. The fourth-order valence-electron chi connectivity index (χ4n) is 1.54. The molecular weight excluding hydrogens is 302 g/mol. The fourth-order valence-corrected chi connectivity index (χ4v) is 2.28. The summed E-state index contributed by atoms with van der Waals surface area (Å²) in [6, 6.07) is 5.79. The SMILES string of the molecule is Cc1c(CNc2ccc(Br)cc2Cl)cnn1C. The van der Waals surface area contributed by atoms with E-state index < -0.39 is 0 Å². The zero-order valence-electron chi connectivity index (χ0n) is 9.67. The molecule has 1 N–H and O–H groups in total. The van der Waals surface area contributed by atoms with Gasteiger partial charge >= 0.3 is 0 Å². The largest absolute Gasteiger partial charge is 0.380 e. The average Bonchev–Trinajstić information content (AvgIpc) is 2.59. The lowest BCUT2D eigenvalue weighted by Crippen LogP contribution is -2.01. The topological polar surface area (TPSA) is 29.9 Å². The maximum atomic E-state index is 6.13. The Labute approximate surface area is 114 Å². The molecule has 0 aliphatic rings. The van der Waals surface area contributed by atoms with Gasteiger partial charge in [-0.1, -0.05) is 27.5 Å². The van der Waals surface area contributed by atoms with Crippen molar-refractivity contribution in [3.63, 3.8) is 0 Å². The molecule has 0 spiro atoms. The van der Waals surface area contributed by atoms with Crippen molar-refractivity contribution in [1.29, 1.82) is 0 Å². The van der Waals surface area contributed by atoms with E-state index in [0.717, 1.165) is 22.4 Å². The van der Waals surface area contributed by atoms with E-state index >= 15 is 0 Å². The summed E-state index contributed by atoms with van der Waals surface area (Å²) in [4.78, 5) is 0. The molecule has 0 aliphatic carbocycles. The Bertz CT molecular complexity index is 537. The lowest BCUT2D eigenvalue weighted by molar-refractivity contribution is 0.738. The molecule has 3 nitrogen and oxygen atoms in total. The Morgan fingerprint density at radius 2 is 2.24 bits per heavy atom. The van der Waals surface area contributed by atoms with Gasteiger partial charge < -0.3 is 5.32 Å². The third kappa shape index (κ3) is 2.82. The Balaban J connectivity index is 2.10. The van der Waals surface area contributed by atoms with E-state index in [0.29, 0.717) is 5.02 Å². The van der Waals surface area contributed by atoms with Crippen LogP contribution in [0.1, 0.15) is 11.3 Å². The summed E-state index contributed by atoms with van der Waals surface area (Å²) < 4.78 is 2.84. The maximum Gasteiger partial charge on any atom is 0.0648 e. The minimum atomic E-state index is 0.709. The highest BCUT2D eigenvalue weighted by Crippen LogP contribution is 2.26. The number of halogens is 2. The lowest BCUT2D eigenvalue weighted by Gasteiger charge is -2.08. The molecule has 0 fully saturated rings. The first kappa shape index (κ1) is 12.5. The van der Waals surface area contributed by atoms with Gasteiger partial charge in [-0.15, -0.1) is 0 Å². The number of aryl methyl sites for hydroxylation is 1. The number of anilines is 1. The van der Waals surface area contributed by atoms with Crippen LogP contribution in [0.3, 0.4) is 0 Å². The van der Waals surface area contributed by atoms with E-state index in [9.17, 15) is 0 Å². The van der Waals surface area contributed by atoms with Crippen LogP contribution < -0.4 is 5.32 Å². The summed E-state index contributed by atoms with van der Waals surface area (Å²) in [5, 5.41) is 8.21. The van der Waals surface area contributed by atoms with E-state index in [-0.39, 0.29) is 0 Å². The zero-order valence-corrected chi connectivity index (χ0v) is 12.0. The molecule has 1 aromatic heterocycles. The van der Waals surface area contributed by atoms with Crippen LogP contribution in [0.4, 0.5) is 5.69 Å². The zero-order chi connectivity index (χ0) is 12.4. The number of benzene rings is 1. The summed E-state index contributed by atoms with van der Waals surface area (Å²) in [6.45, 7) is 2.77. The summed E-state index contributed by atoms with van der Waals surface area (Å²) in [5.41, 5.74) is 3.26. The first-order valence-electron chi connectivity index (χ1n) is 5.24. The van der Waals surface area contributed by atoms with Crippen molar-refractivity contribution in [2.45, 2.75) is 13.5 Å². The molecular formula is C12H13BrClN3. The van der Waals surface area contributed by atoms with Gasteiger partial charge in [0.2, 0.25) is 0 Å². The highest BCUT2D eigenvalue weighted by atomic mass is 79.9. The van der Waals surface area contributed by atoms with Crippen LogP contribution in [0.2, 0.25) is 5.02 Å². The fraction of sp³-hybridized carbons (Fsp3) is 0.250.